The first-order valence-electron chi connectivity index (χ1n) is 9.56. The standard InChI is InChI=1S/C22H27N3O2/c1-3-23-22(27)17-9-6-10-18(14-17)24-21(26)15-25-13-7-12-20(25)19-11-5-4-8-16(19)2/h4-6,8-11,14,20H,3,7,12-13,15H2,1-2H3,(H,23,27)(H,24,26). The molecule has 1 heterocycles. The molecule has 142 valence electrons. The average molecular weight is 365 g/mol. The fraction of sp³-hybridized carbons (Fsp3) is 0.364. The minimum Gasteiger partial charge on any atom is -0.352 e. The Morgan fingerprint density at radius 2 is 1.96 bits per heavy atom. The molecule has 3 rings (SSSR count). The molecular formula is C22H27N3O2. The van der Waals surface area contributed by atoms with Gasteiger partial charge in [-0.3, -0.25) is 14.5 Å². The number of likely N-dealkylation sites (tertiary alicyclic amines) is 1. The van der Waals surface area contributed by atoms with Crippen molar-refractivity contribution in [2.45, 2.75) is 32.7 Å². The fourth-order valence-electron chi connectivity index (χ4n) is 3.71. The van der Waals surface area contributed by atoms with Crippen LogP contribution in [0.3, 0.4) is 0 Å². The molecule has 0 spiro atoms. The van der Waals surface area contributed by atoms with Crippen molar-refractivity contribution in [2.24, 2.45) is 0 Å². The third-order valence-electron chi connectivity index (χ3n) is 5.00. The number of nitrogens with zero attached hydrogens (tertiary/aromatic N) is 1. The van der Waals surface area contributed by atoms with Crippen molar-refractivity contribution in [1.29, 1.82) is 0 Å². The van der Waals surface area contributed by atoms with E-state index in [0.29, 0.717) is 30.4 Å². The summed E-state index contributed by atoms with van der Waals surface area (Å²) in [5.74, 6) is -0.184. The van der Waals surface area contributed by atoms with Gasteiger partial charge in [-0.15, -0.1) is 0 Å². The summed E-state index contributed by atoms with van der Waals surface area (Å²) >= 11 is 0. The third kappa shape index (κ3) is 4.74. The van der Waals surface area contributed by atoms with Gasteiger partial charge in [-0.25, -0.2) is 0 Å². The van der Waals surface area contributed by atoms with E-state index in [1.54, 1.807) is 18.2 Å². The number of hydrogen-bond acceptors (Lipinski definition) is 3. The molecule has 1 aliphatic rings. The molecule has 0 radical (unpaired) electrons. The van der Waals surface area contributed by atoms with Crippen LogP contribution in [0.15, 0.2) is 48.5 Å². The van der Waals surface area contributed by atoms with Gasteiger partial charge in [0.2, 0.25) is 5.91 Å². The zero-order valence-corrected chi connectivity index (χ0v) is 16.0. The van der Waals surface area contributed by atoms with E-state index in [2.05, 4.69) is 40.7 Å². The Kier molecular flexibility index (Phi) is 6.24. The monoisotopic (exact) mass is 365 g/mol. The maximum atomic E-state index is 12.6. The smallest absolute Gasteiger partial charge is 0.251 e. The molecule has 0 aromatic heterocycles. The number of hydrogen-bond donors (Lipinski definition) is 2. The van der Waals surface area contributed by atoms with E-state index >= 15 is 0 Å². The molecule has 2 aromatic rings. The normalized spacial score (nSPS) is 16.9. The topological polar surface area (TPSA) is 61.4 Å². The fourth-order valence-corrected chi connectivity index (χ4v) is 3.71. The average Bonchev–Trinajstić information content (AvgIpc) is 3.10. The summed E-state index contributed by atoms with van der Waals surface area (Å²) in [5, 5.41) is 5.70. The lowest BCUT2D eigenvalue weighted by Gasteiger charge is -2.25. The van der Waals surface area contributed by atoms with E-state index in [-0.39, 0.29) is 11.8 Å². The van der Waals surface area contributed by atoms with E-state index < -0.39 is 0 Å². The van der Waals surface area contributed by atoms with E-state index in [9.17, 15) is 9.59 Å². The molecule has 0 bridgehead atoms. The van der Waals surface area contributed by atoms with Gasteiger partial charge in [-0.2, -0.15) is 0 Å². The predicted molar refractivity (Wildman–Crippen MR) is 108 cm³/mol. The summed E-state index contributed by atoms with van der Waals surface area (Å²) in [6, 6.07) is 15.7. The quantitative estimate of drug-likeness (QED) is 0.823. The third-order valence-corrected chi connectivity index (χ3v) is 5.00. The first-order valence-corrected chi connectivity index (χ1v) is 9.56. The molecule has 0 saturated carbocycles. The first kappa shape index (κ1) is 19.1. The minimum atomic E-state index is -0.132. The maximum absolute atomic E-state index is 12.6. The molecule has 2 amide bonds. The van der Waals surface area contributed by atoms with Crippen LogP contribution in [0.1, 0.15) is 47.3 Å². The molecular weight excluding hydrogens is 338 g/mol. The molecule has 0 aliphatic carbocycles. The summed E-state index contributed by atoms with van der Waals surface area (Å²) in [6.07, 6.45) is 2.17. The van der Waals surface area contributed by atoms with Gasteiger partial charge in [0.1, 0.15) is 0 Å². The van der Waals surface area contributed by atoms with Crippen molar-refractivity contribution in [1.82, 2.24) is 10.2 Å². The molecule has 2 N–H and O–H groups in total. The van der Waals surface area contributed by atoms with Crippen LogP contribution in [0.2, 0.25) is 0 Å². The van der Waals surface area contributed by atoms with Gasteiger partial charge in [0, 0.05) is 23.8 Å². The second-order valence-corrected chi connectivity index (χ2v) is 6.97. The Morgan fingerprint density at radius 3 is 2.74 bits per heavy atom. The van der Waals surface area contributed by atoms with Gasteiger partial charge < -0.3 is 10.6 Å². The molecule has 2 aromatic carbocycles. The van der Waals surface area contributed by atoms with Crippen LogP contribution in [0.4, 0.5) is 5.69 Å². The largest absolute Gasteiger partial charge is 0.352 e. The van der Waals surface area contributed by atoms with Gasteiger partial charge in [0.15, 0.2) is 0 Å². The lowest BCUT2D eigenvalue weighted by atomic mass is 9.99. The van der Waals surface area contributed by atoms with Gasteiger partial charge in [0.05, 0.1) is 6.54 Å². The van der Waals surface area contributed by atoms with Crippen LogP contribution in [0.25, 0.3) is 0 Å². The molecule has 1 fully saturated rings. The highest BCUT2D eigenvalue weighted by molar-refractivity contribution is 5.97. The second kappa shape index (κ2) is 8.82. The van der Waals surface area contributed by atoms with Crippen molar-refractivity contribution in [3.8, 4) is 0 Å². The Balaban J connectivity index is 1.65. The first-order chi connectivity index (χ1) is 13.1. The van der Waals surface area contributed by atoms with Crippen LogP contribution in [-0.2, 0) is 4.79 Å². The Bertz CT molecular complexity index is 819. The number of nitrogens with one attached hydrogen (secondary N) is 2. The number of anilines is 1. The molecule has 5 nitrogen and oxygen atoms in total. The SMILES string of the molecule is CCNC(=O)c1cccc(NC(=O)CN2CCCC2c2ccccc2C)c1. The number of rotatable bonds is 6. The summed E-state index contributed by atoms with van der Waals surface area (Å²) in [4.78, 5) is 26.8. The zero-order valence-electron chi connectivity index (χ0n) is 16.0. The maximum Gasteiger partial charge on any atom is 0.251 e. The second-order valence-electron chi connectivity index (χ2n) is 6.97. The minimum absolute atomic E-state index is 0.0523. The van der Waals surface area contributed by atoms with Crippen molar-refractivity contribution >= 4 is 17.5 Å². The van der Waals surface area contributed by atoms with Crippen molar-refractivity contribution in [3.63, 3.8) is 0 Å². The summed E-state index contributed by atoms with van der Waals surface area (Å²) in [5.41, 5.74) is 3.77. The van der Waals surface area contributed by atoms with Gasteiger partial charge in [-0.1, -0.05) is 30.3 Å². The van der Waals surface area contributed by atoms with Crippen LogP contribution in [0.5, 0.6) is 0 Å². The van der Waals surface area contributed by atoms with Crippen LogP contribution >= 0.6 is 0 Å². The summed E-state index contributed by atoms with van der Waals surface area (Å²) < 4.78 is 0. The molecule has 1 aliphatic heterocycles. The highest BCUT2D eigenvalue weighted by Crippen LogP contribution is 2.33. The van der Waals surface area contributed by atoms with Gasteiger partial charge >= 0.3 is 0 Å². The van der Waals surface area contributed by atoms with Crippen molar-refractivity contribution < 1.29 is 9.59 Å². The van der Waals surface area contributed by atoms with Crippen molar-refractivity contribution in [3.05, 3.63) is 65.2 Å². The number of aryl methyl sites for hydroxylation is 1. The Morgan fingerprint density at radius 1 is 1.15 bits per heavy atom. The molecule has 1 atom stereocenters. The Hall–Kier alpha value is -2.66. The molecule has 27 heavy (non-hydrogen) atoms. The molecule has 5 heteroatoms. The number of carbonyl (C=O) groups excluding carboxylic acids is 2. The van der Waals surface area contributed by atoms with Crippen LogP contribution in [0, 0.1) is 6.92 Å². The summed E-state index contributed by atoms with van der Waals surface area (Å²) in [6.45, 7) is 5.85. The highest BCUT2D eigenvalue weighted by Gasteiger charge is 2.28. The van der Waals surface area contributed by atoms with Gasteiger partial charge in [0.25, 0.3) is 5.91 Å². The van der Waals surface area contributed by atoms with Crippen molar-refractivity contribution in [2.75, 3.05) is 25.0 Å². The van der Waals surface area contributed by atoms with E-state index in [4.69, 9.17) is 0 Å². The Labute approximate surface area is 160 Å². The van der Waals surface area contributed by atoms with Crippen LogP contribution < -0.4 is 10.6 Å². The predicted octanol–water partition coefficient (Wildman–Crippen LogP) is 3.52. The van der Waals surface area contributed by atoms with Gasteiger partial charge in [-0.05, 0) is 62.6 Å². The highest BCUT2D eigenvalue weighted by atomic mass is 16.2. The van der Waals surface area contributed by atoms with E-state index in [1.807, 2.05) is 19.1 Å². The number of amides is 2. The lowest BCUT2D eigenvalue weighted by Crippen LogP contribution is -2.33. The van der Waals surface area contributed by atoms with E-state index in [0.717, 1.165) is 19.4 Å². The molecule has 1 saturated heterocycles. The zero-order chi connectivity index (χ0) is 19.2. The van der Waals surface area contributed by atoms with Crippen LogP contribution in [-0.4, -0.2) is 36.3 Å². The lowest BCUT2D eigenvalue weighted by molar-refractivity contribution is -0.117. The number of carbonyl (C=O) groups is 2. The summed E-state index contributed by atoms with van der Waals surface area (Å²) in [7, 11) is 0. The molecule has 1 unspecified atom stereocenters. The van der Waals surface area contributed by atoms with E-state index in [1.165, 1.54) is 11.1 Å². The number of benzene rings is 2.